The number of hydrogen-bond acceptors (Lipinski definition) is 2. The Morgan fingerprint density at radius 3 is 2.74 bits per heavy atom. The molecule has 0 aliphatic rings. The maximum atomic E-state index is 11.6. The lowest BCUT2D eigenvalue weighted by molar-refractivity contribution is 0.255. The van der Waals surface area contributed by atoms with Gasteiger partial charge >= 0.3 is 6.03 Å². The van der Waals surface area contributed by atoms with Gasteiger partial charge in [0.05, 0.1) is 6.26 Å². The number of aryl methyl sites for hydroxylation is 2. The smallest absolute Gasteiger partial charge is 0.323 e. The number of benzene rings is 1. The van der Waals surface area contributed by atoms with Gasteiger partial charge in [0.1, 0.15) is 5.76 Å². The maximum absolute atomic E-state index is 11.6. The average Bonchev–Trinajstić information content (AvgIpc) is 2.87. The Bertz CT molecular complexity index is 586. The molecular weight excluding hydrogens is 240 g/mol. The first-order chi connectivity index (χ1) is 9.15. The minimum atomic E-state index is -0.286. The van der Waals surface area contributed by atoms with Gasteiger partial charge in [-0.3, -0.25) is 0 Å². The Morgan fingerprint density at radius 1 is 1.21 bits per heavy atom. The van der Waals surface area contributed by atoms with Gasteiger partial charge in [-0.25, -0.2) is 4.79 Å². The minimum Gasteiger partial charge on any atom is -0.465 e. The lowest BCUT2D eigenvalue weighted by Gasteiger charge is -2.06. The Balaban J connectivity index is 1.89. The molecule has 2 aromatic rings. The predicted molar refractivity (Wildman–Crippen MR) is 75.8 cm³/mol. The first kappa shape index (κ1) is 13.0. The van der Waals surface area contributed by atoms with Gasteiger partial charge in [-0.15, -0.1) is 0 Å². The van der Waals surface area contributed by atoms with Crippen molar-refractivity contribution in [2.24, 2.45) is 0 Å². The van der Waals surface area contributed by atoms with Crippen LogP contribution in [-0.4, -0.2) is 6.03 Å². The Morgan fingerprint density at radius 2 is 2.05 bits per heavy atom. The molecule has 19 heavy (non-hydrogen) atoms. The van der Waals surface area contributed by atoms with Gasteiger partial charge in [-0.1, -0.05) is 6.07 Å². The molecule has 0 unspecified atom stereocenters. The average molecular weight is 256 g/mol. The molecular formula is C15H16N2O2. The predicted octanol–water partition coefficient (Wildman–Crippen LogP) is 3.69. The summed E-state index contributed by atoms with van der Waals surface area (Å²) in [5.74, 6) is 0.687. The molecule has 4 nitrogen and oxygen atoms in total. The number of hydrogen-bond donors (Lipinski definition) is 2. The molecule has 1 heterocycles. The van der Waals surface area contributed by atoms with Crippen molar-refractivity contribution < 1.29 is 9.21 Å². The zero-order valence-corrected chi connectivity index (χ0v) is 10.9. The molecule has 0 saturated heterocycles. The van der Waals surface area contributed by atoms with Crippen LogP contribution in [0.1, 0.15) is 16.9 Å². The third-order valence-electron chi connectivity index (χ3n) is 2.77. The second-order valence-corrected chi connectivity index (χ2v) is 4.25. The van der Waals surface area contributed by atoms with Crippen molar-refractivity contribution in [3.63, 3.8) is 0 Å². The van der Waals surface area contributed by atoms with Gasteiger partial charge in [0.2, 0.25) is 0 Å². The van der Waals surface area contributed by atoms with E-state index in [9.17, 15) is 4.79 Å². The highest BCUT2D eigenvalue weighted by atomic mass is 16.3. The third kappa shape index (κ3) is 3.74. The van der Waals surface area contributed by atoms with Crippen molar-refractivity contribution in [2.45, 2.75) is 13.8 Å². The van der Waals surface area contributed by atoms with E-state index in [2.05, 4.69) is 10.6 Å². The van der Waals surface area contributed by atoms with E-state index < -0.39 is 0 Å². The summed E-state index contributed by atoms with van der Waals surface area (Å²) >= 11 is 0. The maximum Gasteiger partial charge on any atom is 0.323 e. The summed E-state index contributed by atoms with van der Waals surface area (Å²) in [6.07, 6.45) is 4.80. The largest absolute Gasteiger partial charge is 0.465 e. The van der Waals surface area contributed by atoms with E-state index in [4.69, 9.17) is 4.42 Å². The van der Waals surface area contributed by atoms with Gasteiger partial charge in [0.25, 0.3) is 0 Å². The number of rotatable bonds is 3. The number of amides is 2. The third-order valence-corrected chi connectivity index (χ3v) is 2.77. The number of anilines is 1. The van der Waals surface area contributed by atoms with Crippen LogP contribution >= 0.6 is 0 Å². The molecule has 2 rings (SSSR count). The molecule has 0 radical (unpaired) electrons. The van der Waals surface area contributed by atoms with Crippen molar-refractivity contribution >= 4 is 17.8 Å². The van der Waals surface area contributed by atoms with Gasteiger partial charge in [0, 0.05) is 11.9 Å². The van der Waals surface area contributed by atoms with Crippen LogP contribution in [0.25, 0.3) is 6.08 Å². The molecule has 2 N–H and O–H groups in total. The summed E-state index contributed by atoms with van der Waals surface area (Å²) in [6, 6.07) is 9.09. The summed E-state index contributed by atoms with van der Waals surface area (Å²) in [7, 11) is 0. The number of nitrogens with one attached hydrogen (secondary N) is 2. The Kier molecular flexibility index (Phi) is 4.03. The molecule has 0 spiro atoms. The number of carbonyl (C=O) groups is 1. The number of furan rings is 1. The summed E-state index contributed by atoms with van der Waals surface area (Å²) in [5.41, 5.74) is 3.11. The van der Waals surface area contributed by atoms with Crippen LogP contribution in [0.2, 0.25) is 0 Å². The first-order valence-electron chi connectivity index (χ1n) is 6.00. The molecule has 2 amide bonds. The van der Waals surface area contributed by atoms with Crippen LogP contribution in [0, 0.1) is 13.8 Å². The highest BCUT2D eigenvalue weighted by Gasteiger charge is 2.00. The molecule has 0 aliphatic carbocycles. The van der Waals surface area contributed by atoms with Crippen molar-refractivity contribution in [1.82, 2.24) is 5.32 Å². The van der Waals surface area contributed by atoms with E-state index >= 15 is 0 Å². The van der Waals surface area contributed by atoms with Crippen molar-refractivity contribution in [2.75, 3.05) is 5.32 Å². The number of carbonyl (C=O) groups excluding carboxylic acids is 1. The van der Waals surface area contributed by atoms with E-state index in [1.807, 2.05) is 32.0 Å². The molecule has 0 aliphatic heterocycles. The van der Waals surface area contributed by atoms with E-state index in [1.54, 1.807) is 24.5 Å². The summed E-state index contributed by atoms with van der Waals surface area (Å²) in [5, 5.41) is 5.37. The van der Waals surface area contributed by atoms with Crippen LogP contribution in [0.4, 0.5) is 10.5 Å². The van der Waals surface area contributed by atoms with Crippen molar-refractivity contribution in [3.8, 4) is 0 Å². The highest BCUT2D eigenvalue weighted by molar-refractivity contribution is 5.90. The number of urea groups is 1. The molecule has 0 saturated carbocycles. The Labute approximate surface area is 112 Å². The molecule has 0 bridgehead atoms. The second-order valence-electron chi connectivity index (χ2n) is 4.25. The molecule has 0 fully saturated rings. The highest BCUT2D eigenvalue weighted by Crippen LogP contribution is 2.13. The summed E-state index contributed by atoms with van der Waals surface area (Å²) in [6.45, 7) is 4.04. The fraction of sp³-hybridized carbons (Fsp3) is 0.133. The van der Waals surface area contributed by atoms with Gasteiger partial charge in [-0.2, -0.15) is 0 Å². The van der Waals surface area contributed by atoms with Crippen LogP contribution in [0.15, 0.2) is 47.2 Å². The lowest BCUT2D eigenvalue weighted by atomic mass is 10.1. The standard InChI is InChI=1S/C15H16N2O2/c1-11-5-6-13(10-12(11)2)17-15(18)16-8-7-14-4-3-9-19-14/h3-10H,1-2H3,(H2,16,17,18). The molecule has 1 aromatic carbocycles. The Hall–Kier alpha value is -2.49. The van der Waals surface area contributed by atoms with Gasteiger partial charge < -0.3 is 15.1 Å². The van der Waals surface area contributed by atoms with Crippen LogP contribution in [0.3, 0.4) is 0 Å². The van der Waals surface area contributed by atoms with E-state index in [1.165, 1.54) is 11.8 Å². The lowest BCUT2D eigenvalue weighted by Crippen LogP contribution is -2.23. The van der Waals surface area contributed by atoms with Crippen LogP contribution < -0.4 is 10.6 Å². The minimum absolute atomic E-state index is 0.286. The van der Waals surface area contributed by atoms with Gasteiger partial charge in [0.15, 0.2) is 0 Å². The van der Waals surface area contributed by atoms with Crippen molar-refractivity contribution in [3.05, 3.63) is 59.7 Å². The molecule has 98 valence electrons. The molecule has 1 aromatic heterocycles. The first-order valence-corrected chi connectivity index (χ1v) is 6.00. The SMILES string of the molecule is Cc1ccc(NC(=O)NC=Cc2ccco2)cc1C. The second kappa shape index (κ2) is 5.91. The zero-order valence-electron chi connectivity index (χ0n) is 10.9. The van der Waals surface area contributed by atoms with Crippen LogP contribution in [0.5, 0.6) is 0 Å². The van der Waals surface area contributed by atoms with E-state index in [0.29, 0.717) is 5.76 Å². The quantitative estimate of drug-likeness (QED) is 0.880. The summed E-state index contributed by atoms with van der Waals surface area (Å²) < 4.78 is 5.10. The van der Waals surface area contributed by atoms with E-state index in [0.717, 1.165) is 11.3 Å². The molecule has 4 heteroatoms. The molecule has 0 atom stereocenters. The topological polar surface area (TPSA) is 54.3 Å². The summed E-state index contributed by atoms with van der Waals surface area (Å²) in [4.78, 5) is 11.6. The van der Waals surface area contributed by atoms with Crippen molar-refractivity contribution in [1.29, 1.82) is 0 Å². The zero-order chi connectivity index (χ0) is 13.7. The fourth-order valence-corrected chi connectivity index (χ4v) is 1.57. The van der Waals surface area contributed by atoms with E-state index in [-0.39, 0.29) is 6.03 Å². The van der Waals surface area contributed by atoms with Gasteiger partial charge in [-0.05, 0) is 55.3 Å². The monoisotopic (exact) mass is 256 g/mol. The fourth-order valence-electron chi connectivity index (χ4n) is 1.57. The normalized spacial score (nSPS) is 10.6. The van der Waals surface area contributed by atoms with Crippen LogP contribution in [-0.2, 0) is 0 Å².